The summed E-state index contributed by atoms with van der Waals surface area (Å²) in [5.41, 5.74) is 0.978. The number of hydrogen-bond acceptors (Lipinski definition) is 3. The first-order valence-corrected chi connectivity index (χ1v) is 7.86. The summed E-state index contributed by atoms with van der Waals surface area (Å²) in [7, 11) is 0. The van der Waals surface area contributed by atoms with E-state index in [9.17, 15) is 10.1 Å². The average molecular weight is 311 g/mol. The van der Waals surface area contributed by atoms with Gasteiger partial charge < -0.3 is 4.90 Å². The Morgan fingerprint density at radius 1 is 1.29 bits per heavy atom. The van der Waals surface area contributed by atoms with Crippen LogP contribution in [0.3, 0.4) is 0 Å². The lowest BCUT2D eigenvalue weighted by Gasteiger charge is -2.30. The molecule has 2 rings (SSSR count). The van der Waals surface area contributed by atoms with Gasteiger partial charge in [0.15, 0.2) is 0 Å². The van der Waals surface area contributed by atoms with Gasteiger partial charge >= 0.3 is 5.69 Å². The summed E-state index contributed by atoms with van der Waals surface area (Å²) in [6.07, 6.45) is 3.30. The van der Waals surface area contributed by atoms with Crippen molar-refractivity contribution in [2.45, 2.75) is 40.0 Å². The van der Waals surface area contributed by atoms with E-state index < -0.39 is 0 Å². The minimum Gasteiger partial charge on any atom is -0.366 e. The van der Waals surface area contributed by atoms with E-state index in [4.69, 9.17) is 11.6 Å². The summed E-state index contributed by atoms with van der Waals surface area (Å²) in [6, 6.07) is 5.18. The van der Waals surface area contributed by atoms with Gasteiger partial charge in [0, 0.05) is 13.1 Å². The van der Waals surface area contributed by atoms with E-state index in [2.05, 4.69) is 25.7 Å². The van der Waals surface area contributed by atoms with Gasteiger partial charge in [-0.2, -0.15) is 0 Å². The van der Waals surface area contributed by atoms with Gasteiger partial charge in [-0.3, -0.25) is 10.1 Å². The Hall–Kier alpha value is -1.29. The fraction of sp³-hybridized carbons (Fsp3) is 0.625. The van der Waals surface area contributed by atoms with E-state index in [1.807, 2.05) is 0 Å². The molecule has 1 heterocycles. The van der Waals surface area contributed by atoms with E-state index in [0.717, 1.165) is 25.9 Å². The summed E-state index contributed by atoms with van der Waals surface area (Å²) in [5, 5.41) is 11.5. The number of benzene rings is 1. The monoisotopic (exact) mass is 310 g/mol. The summed E-state index contributed by atoms with van der Waals surface area (Å²) in [5.74, 6) is 0.653. The van der Waals surface area contributed by atoms with Gasteiger partial charge in [0.1, 0.15) is 10.7 Å². The number of hydrogen-bond donors (Lipinski definition) is 0. The van der Waals surface area contributed by atoms with Gasteiger partial charge in [-0.05, 0) is 42.7 Å². The number of para-hydroxylation sites is 1. The highest BCUT2D eigenvalue weighted by Crippen LogP contribution is 2.39. The molecule has 0 radical (unpaired) electrons. The fourth-order valence-corrected chi connectivity index (χ4v) is 3.38. The molecule has 0 saturated carbocycles. The van der Waals surface area contributed by atoms with Gasteiger partial charge in [0.2, 0.25) is 0 Å². The molecule has 4 nitrogen and oxygen atoms in total. The minimum atomic E-state index is -0.371. The average Bonchev–Trinajstić information content (AvgIpc) is 2.63. The van der Waals surface area contributed by atoms with E-state index in [-0.39, 0.29) is 21.0 Å². The van der Waals surface area contributed by atoms with Crippen LogP contribution in [0.1, 0.15) is 40.0 Å². The molecular formula is C16H23ClN2O2. The second kappa shape index (κ2) is 6.22. The minimum absolute atomic E-state index is 0.0355. The molecule has 1 aromatic rings. The topological polar surface area (TPSA) is 46.4 Å². The third-order valence-corrected chi connectivity index (χ3v) is 4.75. The maximum atomic E-state index is 11.3. The molecule has 0 aromatic heterocycles. The summed E-state index contributed by atoms with van der Waals surface area (Å²) < 4.78 is 0. The Balaban J connectivity index is 2.24. The molecule has 21 heavy (non-hydrogen) atoms. The molecule has 1 aromatic carbocycles. The molecule has 116 valence electrons. The third kappa shape index (κ3) is 3.67. The van der Waals surface area contributed by atoms with Crippen molar-refractivity contribution in [3.05, 3.63) is 33.3 Å². The summed E-state index contributed by atoms with van der Waals surface area (Å²) >= 11 is 6.02. The van der Waals surface area contributed by atoms with Crippen LogP contribution >= 0.6 is 11.6 Å². The van der Waals surface area contributed by atoms with Crippen LogP contribution in [-0.4, -0.2) is 18.0 Å². The molecule has 1 unspecified atom stereocenters. The molecule has 0 bridgehead atoms. The van der Waals surface area contributed by atoms with Gasteiger partial charge in [-0.25, -0.2) is 0 Å². The van der Waals surface area contributed by atoms with Crippen LogP contribution in [0.4, 0.5) is 11.4 Å². The maximum Gasteiger partial charge on any atom is 0.310 e. The zero-order valence-electron chi connectivity index (χ0n) is 12.9. The van der Waals surface area contributed by atoms with E-state index in [0.29, 0.717) is 11.6 Å². The van der Waals surface area contributed by atoms with Crippen molar-refractivity contribution >= 4 is 23.0 Å². The number of rotatable bonds is 2. The fourth-order valence-electron chi connectivity index (χ4n) is 3.14. The molecule has 1 atom stereocenters. The SMILES string of the molecule is CC(C)(C)C1CCCN(c2cccc(Cl)c2[N+](=O)[O-])CC1. The van der Waals surface area contributed by atoms with Gasteiger partial charge in [-0.15, -0.1) is 0 Å². The van der Waals surface area contributed by atoms with Crippen molar-refractivity contribution in [1.82, 2.24) is 0 Å². The number of nitrogens with zero attached hydrogens (tertiary/aromatic N) is 2. The Bertz CT molecular complexity index is 525. The van der Waals surface area contributed by atoms with Crippen LogP contribution < -0.4 is 4.90 Å². The number of nitro groups is 1. The second-order valence-corrected chi connectivity index (χ2v) is 7.25. The Morgan fingerprint density at radius 3 is 2.62 bits per heavy atom. The van der Waals surface area contributed by atoms with E-state index >= 15 is 0 Å². The van der Waals surface area contributed by atoms with Crippen LogP contribution in [0.15, 0.2) is 18.2 Å². The highest BCUT2D eigenvalue weighted by atomic mass is 35.5. The van der Waals surface area contributed by atoms with Gasteiger partial charge in [0.05, 0.1) is 4.92 Å². The first kappa shape index (κ1) is 16.1. The van der Waals surface area contributed by atoms with E-state index in [1.165, 1.54) is 6.42 Å². The van der Waals surface area contributed by atoms with Crippen molar-refractivity contribution in [1.29, 1.82) is 0 Å². The van der Waals surface area contributed by atoms with Crippen LogP contribution in [-0.2, 0) is 0 Å². The molecule has 0 amide bonds. The quantitative estimate of drug-likeness (QED) is 0.576. The largest absolute Gasteiger partial charge is 0.366 e. The predicted molar refractivity (Wildman–Crippen MR) is 87.1 cm³/mol. The molecular weight excluding hydrogens is 288 g/mol. The van der Waals surface area contributed by atoms with Crippen molar-refractivity contribution in [3.8, 4) is 0 Å². The molecule has 1 aliphatic rings. The number of halogens is 1. The summed E-state index contributed by atoms with van der Waals surface area (Å²) in [6.45, 7) is 8.52. The molecule has 0 N–H and O–H groups in total. The molecule has 5 heteroatoms. The first-order chi connectivity index (χ1) is 9.80. The lowest BCUT2D eigenvalue weighted by Crippen LogP contribution is -2.26. The van der Waals surface area contributed by atoms with Crippen LogP contribution in [0.5, 0.6) is 0 Å². The Kier molecular flexibility index (Phi) is 4.77. The number of nitro benzene ring substituents is 1. The Morgan fingerprint density at radius 2 is 2.00 bits per heavy atom. The van der Waals surface area contributed by atoms with Crippen LogP contribution in [0.25, 0.3) is 0 Å². The van der Waals surface area contributed by atoms with Crippen LogP contribution in [0, 0.1) is 21.4 Å². The molecule has 1 aliphatic heterocycles. The molecule has 1 fully saturated rings. The van der Waals surface area contributed by atoms with Crippen molar-refractivity contribution in [2.24, 2.45) is 11.3 Å². The maximum absolute atomic E-state index is 11.3. The second-order valence-electron chi connectivity index (χ2n) is 6.85. The third-order valence-electron chi connectivity index (χ3n) is 4.44. The lowest BCUT2D eigenvalue weighted by atomic mass is 9.77. The highest BCUT2D eigenvalue weighted by Gasteiger charge is 2.29. The zero-order valence-corrected chi connectivity index (χ0v) is 13.7. The first-order valence-electron chi connectivity index (χ1n) is 7.48. The number of anilines is 1. The smallest absolute Gasteiger partial charge is 0.310 e. The normalized spacial score (nSPS) is 20.2. The van der Waals surface area contributed by atoms with Crippen molar-refractivity contribution < 1.29 is 4.92 Å². The van der Waals surface area contributed by atoms with E-state index in [1.54, 1.807) is 18.2 Å². The van der Waals surface area contributed by atoms with Gasteiger partial charge in [0.25, 0.3) is 0 Å². The lowest BCUT2D eigenvalue weighted by molar-refractivity contribution is -0.384. The molecule has 0 aliphatic carbocycles. The van der Waals surface area contributed by atoms with Crippen LogP contribution in [0.2, 0.25) is 5.02 Å². The Labute approximate surface area is 131 Å². The van der Waals surface area contributed by atoms with Gasteiger partial charge in [-0.1, -0.05) is 38.4 Å². The predicted octanol–water partition coefficient (Wildman–Crippen LogP) is 4.90. The highest BCUT2D eigenvalue weighted by molar-refractivity contribution is 6.33. The molecule has 0 spiro atoms. The zero-order chi connectivity index (χ0) is 15.6. The molecule has 1 saturated heterocycles. The van der Waals surface area contributed by atoms with Crippen molar-refractivity contribution in [3.63, 3.8) is 0 Å². The summed E-state index contributed by atoms with van der Waals surface area (Å²) in [4.78, 5) is 13.0. The standard InChI is InChI=1S/C16H23ClN2O2/c1-16(2,3)12-6-5-10-18(11-9-12)14-8-4-7-13(17)15(14)19(20)21/h4,7-8,12H,5-6,9-11H2,1-3H3. The van der Waals surface area contributed by atoms with Crippen molar-refractivity contribution in [2.75, 3.05) is 18.0 Å².